The largest absolute Gasteiger partial charge is 0.550 e. The zero-order valence-corrected chi connectivity index (χ0v) is 12.2. The van der Waals surface area contributed by atoms with Crippen molar-refractivity contribution in [2.45, 2.75) is 25.7 Å². The number of carboxylic acid groups (broad SMARTS) is 1. The summed E-state index contributed by atoms with van der Waals surface area (Å²) in [7, 11) is 0. The molecule has 0 saturated heterocycles. The molecule has 20 heavy (non-hydrogen) atoms. The van der Waals surface area contributed by atoms with Crippen molar-refractivity contribution in [3.63, 3.8) is 0 Å². The number of aliphatic carboxylic acids is 1. The van der Waals surface area contributed by atoms with Crippen LogP contribution in [-0.2, 0) is 9.59 Å². The number of hydrogen-bond donors (Lipinski definition) is 1. The van der Waals surface area contributed by atoms with Gasteiger partial charge in [0.15, 0.2) is 0 Å². The van der Waals surface area contributed by atoms with Crippen molar-refractivity contribution >= 4 is 40.8 Å². The lowest BCUT2D eigenvalue weighted by Crippen LogP contribution is -2.42. The molecule has 1 fully saturated rings. The summed E-state index contributed by atoms with van der Waals surface area (Å²) in [6.07, 6.45) is 2.66. The number of carbonyl (C=O) groups excluding carboxylic acids is 2. The number of anilines is 1. The molecule has 0 aliphatic heterocycles. The molecule has 0 aromatic heterocycles. The van der Waals surface area contributed by atoms with Gasteiger partial charge in [-0.2, -0.15) is 0 Å². The summed E-state index contributed by atoms with van der Waals surface area (Å²) in [5, 5.41) is 14.6. The Balaban J connectivity index is 2.14. The first-order valence-electron chi connectivity index (χ1n) is 6.46. The highest BCUT2D eigenvalue weighted by atomic mass is 35.5. The fourth-order valence-corrected chi connectivity index (χ4v) is 2.88. The van der Waals surface area contributed by atoms with Crippen LogP contribution >= 0.6 is 23.2 Å². The van der Waals surface area contributed by atoms with Gasteiger partial charge in [-0.1, -0.05) is 36.0 Å². The number of nitrogens with one attached hydrogen (secondary N) is 1. The Labute approximate surface area is 127 Å². The first kappa shape index (κ1) is 15.1. The highest BCUT2D eigenvalue weighted by Gasteiger charge is 2.32. The lowest BCUT2D eigenvalue weighted by atomic mass is 9.78. The Kier molecular flexibility index (Phi) is 4.89. The molecule has 6 heteroatoms. The summed E-state index contributed by atoms with van der Waals surface area (Å²) in [4.78, 5) is 23.3. The number of hydrogen-bond acceptors (Lipinski definition) is 3. The van der Waals surface area contributed by atoms with Crippen LogP contribution in [0.2, 0.25) is 10.0 Å². The highest BCUT2D eigenvalue weighted by Crippen LogP contribution is 2.32. The second-order valence-electron chi connectivity index (χ2n) is 4.93. The first-order valence-corrected chi connectivity index (χ1v) is 7.21. The van der Waals surface area contributed by atoms with Crippen LogP contribution in [0.15, 0.2) is 18.2 Å². The molecule has 2 atom stereocenters. The van der Waals surface area contributed by atoms with Crippen molar-refractivity contribution in [1.82, 2.24) is 0 Å². The maximum atomic E-state index is 12.2. The Morgan fingerprint density at radius 3 is 2.45 bits per heavy atom. The Bertz CT molecular complexity index is 533. The molecule has 108 valence electrons. The fraction of sp³-hybridized carbons (Fsp3) is 0.429. The molecule has 0 unspecified atom stereocenters. The average Bonchev–Trinajstić information content (AvgIpc) is 2.42. The third-order valence-corrected chi connectivity index (χ3v) is 4.16. The molecule has 0 radical (unpaired) electrons. The predicted octanol–water partition coefficient (Wildman–Crippen LogP) is 2.49. The van der Waals surface area contributed by atoms with E-state index in [2.05, 4.69) is 5.32 Å². The van der Waals surface area contributed by atoms with Crippen LogP contribution < -0.4 is 10.4 Å². The summed E-state index contributed by atoms with van der Waals surface area (Å²) in [6.45, 7) is 0. The normalized spacial score (nSPS) is 22.3. The third-order valence-electron chi connectivity index (χ3n) is 3.59. The lowest BCUT2D eigenvalue weighted by Gasteiger charge is -2.31. The van der Waals surface area contributed by atoms with E-state index in [4.69, 9.17) is 23.2 Å². The maximum absolute atomic E-state index is 12.2. The molecule has 4 nitrogen and oxygen atoms in total. The fourth-order valence-electron chi connectivity index (χ4n) is 2.55. The van der Waals surface area contributed by atoms with E-state index in [1.807, 2.05) is 0 Å². The summed E-state index contributed by atoms with van der Waals surface area (Å²) < 4.78 is 0. The van der Waals surface area contributed by atoms with Gasteiger partial charge in [0.1, 0.15) is 0 Å². The van der Waals surface area contributed by atoms with E-state index in [0.29, 0.717) is 28.6 Å². The third kappa shape index (κ3) is 3.44. The van der Waals surface area contributed by atoms with E-state index in [1.54, 1.807) is 18.2 Å². The molecule has 1 amide bonds. The van der Waals surface area contributed by atoms with Gasteiger partial charge < -0.3 is 15.2 Å². The zero-order chi connectivity index (χ0) is 14.7. The minimum absolute atomic E-state index is 0.344. The zero-order valence-electron chi connectivity index (χ0n) is 10.7. The summed E-state index contributed by atoms with van der Waals surface area (Å²) in [6, 6.07) is 4.74. The van der Waals surface area contributed by atoms with Gasteiger partial charge in [0.05, 0.1) is 10.7 Å². The van der Waals surface area contributed by atoms with Crippen molar-refractivity contribution in [2.75, 3.05) is 5.32 Å². The van der Waals surface area contributed by atoms with Crippen LogP contribution in [0, 0.1) is 11.8 Å². The van der Waals surface area contributed by atoms with E-state index in [-0.39, 0.29) is 5.91 Å². The number of benzene rings is 1. The van der Waals surface area contributed by atoms with Gasteiger partial charge in [0.25, 0.3) is 0 Å². The van der Waals surface area contributed by atoms with Crippen molar-refractivity contribution in [1.29, 1.82) is 0 Å². The second-order valence-corrected chi connectivity index (χ2v) is 5.77. The van der Waals surface area contributed by atoms with E-state index < -0.39 is 17.8 Å². The monoisotopic (exact) mass is 314 g/mol. The molecule has 1 aromatic carbocycles. The number of carboxylic acids is 1. The number of halogens is 2. The quantitative estimate of drug-likeness (QED) is 0.931. The first-order chi connectivity index (χ1) is 9.49. The minimum Gasteiger partial charge on any atom is -0.550 e. The molecule has 0 bridgehead atoms. The molecular formula is C14H14Cl2NO3-. The molecule has 1 aliphatic carbocycles. The predicted molar refractivity (Wildman–Crippen MR) is 75.5 cm³/mol. The summed E-state index contributed by atoms with van der Waals surface area (Å²) in [5.41, 5.74) is 0.395. The van der Waals surface area contributed by atoms with Crippen LogP contribution in [0.4, 0.5) is 5.69 Å². The molecule has 1 saturated carbocycles. The van der Waals surface area contributed by atoms with Crippen molar-refractivity contribution in [2.24, 2.45) is 11.8 Å². The van der Waals surface area contributed by atoms with Gasteiger partial charge in [-0.3, -0.25) is 4.79 Å². The van der Waals surface area contributed by atoms with Crippen molar-refractivity contribution in [3.05, 3.63) is 28.2 Å². The van der Waals surface area contributed by atoms with Crippen LogP contribution in [0.3, 0.4) is 0 Å². The molecule has 0 spiro atoms. The molecule has 2 rings (SSSR count). The topological polar surface area (TPSA) is 69.2 Å². The lowest BCUT2D eigenvalue weighted by molar-refractivity contribution is -0.313. The van der Waals surface area contributed by atoms with Gasteiger partial charge in [0, 0.05) is 22.8 Å². The smallest absolute Gasteiger partial charge is 0.228 e. The van der Waals surface area contributed by atoms with Crippen LogP contribution in [0.5, 0.6) is 0 Å². The van der Waals surface area contributed by atoms with E-state index in [9.17, 15) is 14.7 Å². The van der Waals surface area contributed by atoms with Crippen molar-refractivity contribution < 1.29 is 14.7 Å². The van der Waals surface area contributed by atoms with Crippen molar-refractivity contribution in [3.8, 4) is 0 Å². The average molecular weight is 315 g/mol. The number of amides is 1. The van der Waals surface area contributed by atoms with Crippen LogP contribution in [-0.4, -0.2) is 11.9 Å². The standard InChI is InChI=1S/C14H15Cl2NO3/c15-8-5-6-11(16)12(7-8)17-13(18)9-3-1-2-4-10(9)14(19)20/h5-7,9-10H,1-4H2,(H,17,18)(H,19,20)/p-1/t9-,10-/m0/s1. The summed E-state index contributed by atoms with van der Waals surface area (Å²) in [5.74, 6) is -2.82. The SMILES string of the molecule is O=C([O-])[C@H]1CCCC[C@@H]1C(=O)Nc1cc(Cl)ccc1Cl. The van der Waals surface area contributed by atoms with Gasteiger partial charge in [0.2, 0.25) is 5.91 Å². The molecule has 1 aliphatic rings. The Hall–Kier alpha value is -1.26. The molecular weight excluding hydrogens is 301 g/mol. The van der Waals surface area contributed by atoms with E-state index in [0.717, 1.165) is 12.8 Å². The number of rotatable bonds is 3. The Morgan fingerprint density at radius 2 is 1.80 bits per heavy atom. The van der Waals surface area contributed by atoms with Crippen LogP contribution in [0.25, 0.3) is 0 Å². The van der Waals surface area contributed by atoms with Crippen LogP contribution in [0.1, 0.15) is 25.7 Å². The van der Waals surface area contributed by atoms with E-state index in [1.165, 1.54) is 0 Å². The number of carbonyl (C=O) groups is 2. The van der Waals surface area contributed by atoms with E-state index >= 15 is 0 Å². The van der Waals surface area contributed by atoms with Gasteiger partial charge >= 0.3 is 0 Å². The molecule has 1 N–H and O–H groups in total. The van der Waals surface area contributed by atoms with Gasteiger partial charge in [-0.25, -0.2) is 0 Å². The molecule has 1 aromatic rings. The van der Waals surface area contributed by atoms with Gasteiger partial charge in [-0.15, -0.1) is 0 Å². The second kappa shape index (κ2) is 6.46. The Morgan fingerprint density at radius 1 is 1.15 bits per heavy atom. The summed E-state index contributed by atoms with van der Waals surface area (Å²) >= 11 is 11.8. The van der Waals surface area contributed by atoms with Gasteiger partial charge in [-0.05, 0) is 31.0 Å². The highest BCUT2D eigenvalue weighted by molar-refractivity contribution is 6.35. The minimum atomic E-state index is -1.16. The molecule has 0 heterocycles. The maximum Gasteiger partial charge on any atom is 0.228 e.